The number of rotatable bonds is 5. The minimum atomic E-state index is 0. The lowest BCUT2D eigenvalue weighted by Crippen LogP contribution is -2.52. The standard InChI is InChI=1S/C18H23N3O3S.2ClH/c1-12-10-19-6-7-21(12)17(22)9-14-11-25-18(20-14)13-4-5-15(23-2)16(8-13)24-3;;/h4-5,8,11-12,19H,6-7,9-10H2,1-3H3;2*1H/t12-;;/m1../s1. The van der Waals surface area contributed by atoms with Crippen molar-refractivity contribution in [1.82, 2.24) is 15.2 Å². The van der Waals surface area contributed by atoms with Gasteiger partial charge in [-0.05, 0) is 25.1 Å². The minimum Gasteiger partial charge on any atom is -0.493 e. The second-order valence-corrected chi connectivity index (χ2v) is 6.89. The van der Waals surface area contributed by atoms with E-state index in [0.717, 1.165) is 35.9 Å². The number of nitrogens with one attached hydrogen (secondary N) is 1. The zero-order valence-electron chi connectivity index (χ0n) is 15.6. The van der Waals surface area contributed by atoms with Crippen molar-refractivity contribution >= 4 is 42.1 Å². The summed E-state index contributed by atoms with van der Waals surface area (Å²) in [5.41, 5.74) is 1.77. The zero-order valence-corrected chi connectivity index (χ0v) is 18.0. The SMILES string of the molecule is COc1ccc(-c2nc(CC(=O)N3CCNC[C@H]3C)cs2)cc1OC.Cl.Cl. The number of piperazine rings is 1. The van der Waals surface area contributed by atoms with Crippen LogP contribution in [0.3, 0.4) is 0 Å². The summed E-state index contributed by atoms with van der Waals surface area (Å²) in [6.45, 7) is 4.52. The largest absolute Gasteiger partial charge is 0.493 e. The Balaban J connectivity index is 0.00000182. The van der Waals surface area contributed by atoms with Gasteiger partial charge in [0.05, 0.1) is 26.3 Å². The first-order valence-electron chi connectivity index (χ1n) is 8.29. The molecule has 1 amide bonds. The maximum Gasteiger partial charge on any atom is 0.228 e. The van der Waals surface area contributed by atoms with Crippen molar-refractivity contribution in [3.8, 4) is 22.1 Å². The Morgan fingerprint density at radius 3 is 2.70 bits per heavy atom. The maximum atomic E-state index is 12.5. The molecule has 6 nitrogen and oxygen atoms in total. The molecule has 1 atom stereocenters. The Morgan fingerprint density at radius 1 is 1.30 bits per heavy atom. The van der Waals surface area contributed by atoms with Crippen LogP contribution in [0.25, 0.3) is 10.6 Å². The second kappa shape index (κ2) is 10.7. The molecule has 2 heterocycles. The molecule has 0 bridgehead atoms. The Bertz CT molecular complexity index is 757. The van der Waals surface area contributed by atoms with Gasteiger partial charge in [-0.25, -0.2) is 4.98 Å². The first-order chi connectivity index (χ1) is 12.1. The summed E-state index contributed by atoms with van der Waals surface area (Å²) in [5.74, 6) is 1.49. The molecule has 0 unspecified atom stereocenters. The van der Waals surface area contributed by atoms with Crippen molar-refractivity contribution in [3.63, 3.8) is 0 Å². The van der Waals surface area contributed by atoms with Crippen molar-refractivity contribution in [2.24, 2.45) is 0 Å². The van der Waals surface area contributed by atoms with Gasteiger partial charge in [0.25, 0.3) is 0 Å². The number of halogens is 2. The van der Waals surface area contributed by atoms with E-state index in [4.69, 9.17) is 9.47 Å². The van der Waals surface area contributed by atoms with Crippen LogP contribution < -0.4 is 14.8 Å². The molecule has 0 radical (unpaired) electrons. The van der Waals surface area contributed by atoms with Gasteiger partial charge in [0.1, 0.15) is 5.01 Å². The monoisotopic (exact) mass is 433 g/mol. The third kappa shape index (κ3) is 5.48. The number of aromatic nitrogens is 1. The van der Waals surface area contributed by atoms with Crippen LogP contribution in [0, 0.1) is 0 Å². The van der Waals surface area contributed by atoms with Crippen LogP contribution in [-0.2, 0) is 11.2 Å². The van der Waals surface area contributed by atoms with Gasteiger partial charge >= 0.3 is 0 Å². The number of nitrogens with zero attached hydrogens (tertiary/aromatic N) is 2. The Labute approximate surface area is 176 Å². The van der Waals surface area contributed by atoms with Crippen molar-refractivity contribution < 1.29 is 14.3 Å². The molecule has 1 fully saturated rings. The normalized spacial score (nSPS) is 16.1. The number of hydrogen-bond acceptors (Lipinski definition) is 6. The number of benzene rings is 1. The van der Waals surface area contributed by atoms with E-state index in [1.54, 1.807) is 14.2 Å². The van der Waals surface area contributed by atoms with Crippen LogP contribution in [0.1, 0.15) is 12.6 Å². The summed E-state index contributed by atoms with van der Waals surface area (Å²) < 4.78 is 10.6. The summed E-state index contributed by atoms with van der Waals surface area (Å²) >= 11 is 1.53. The molecule has 9 heteroatoms. The molecule has 1 aliphatic rings. The first-order valence-corrected chi connectivity index (χ1v) is 9.17. The van der Waals surface area contributed by atoms with Gasteiger partial charge in [0.2, 0.25) is 5.91 Å². The summed E-state index contributed by atoms with van der Waals surface area (Å²) in [7, 11) is 3.23. The first kappa shape index (κ1) is 23.5. The number of thiazole rings is 1. The molecule has 1 aromatic carbocycles. The lowest BCUT2D eigenvalue weighted by atomic mass is 10.2. The quantitative estimate of drug-likeness (QED) is 0.784. The fraction of sp³-hybridized carbons (Fsp3) is 0.444. The molecule has 1 saturated heterocycles. The maximum absolute atomic E-state index is 12.5. The number of carbonyl (C=O) groups excluding carboxylic acids is 1. The van der Waals surface area contributed by atoms with Crippen LogP contribution in [-0.4, -0.2) is 55.7 Å². The number of hydrogen-bond donors (Lipinski definition) is 1. The molecule has 0 saturated carbocycles. The van der Waals surface area contributed by atoms with Gasteiger partial charge in [0.15, 0.2) is 11.5 Å². The van der Waals surface area contributed by atoms with Gasteiger partial charge in [-0.2, -0.15) is 0 Å². The second-order valence-electron chi connectivity index (χ2n) is 6.03. The summed E-state index contributed by atoms with van der Waals surface area (Å²) in [4.78, 5) is 19.1. The number of ether oxygens (including phenoxy) is 2. The molecule has 150 valence electrons. The number of amides is 1. The molecular formula is C18H25Cl2N3O3S. The summed E-state index contributed by atoms with van der Waals surface area (Å²) in [6.07, 6.45) is 0.341. The van der Waals surface area contributed by atoms with Crippen LogP contribution in [0.5, 0.6) is 11.5 Å². The highest BCUT2D eigenvalue weighted by atomic mass is 35.5. The van der Waals surface area contributed by atoms with E-state index in [2.05, 4.69) is 17.2 Å². The zero-order chi connectivity index (χ0) is 17.8. The number of methoxy groups -OCH3 is 2. The molecular weight excluding hydrogens is 409 g/mol. The highest BCUT2D eigenvalue weighted by molar-refractivity contribution is 7.13. The van der Waals surface area contributed by atoms with E-state index in [0.29, 0.717) is 17.9 Å². The number of carbonyl (C=O) groups is 1. The van der Waals surface area contributed by atoms with Gasteiger partial charge < -0.3 is 19.7 Å². The Hall–Kier alpha value is -1.54. The van der Waals surface area contributed by atoms with Crippen LogP contribution in [0.4, 0.5) is 0 Å². The fourth-order valence-corrected chi connectivity index (χ4v) is 3.77. The lowest BCUT2D eigenvalue weighted by molar-refractivity contribution is -0.133. The van der Waals surface area contributed by atoms with E-state index >= 15 is 0 Å². The van der Waals surface area contributed by atoms with Crippen molar-refractivity contribution in [2.75, 3.05) is 33.9 Å². The van der Waals surface area contributed by atoms with Gasteiger partial charge in [0, 0.05) is 36.6 Å². The highest BCUT2D eigenvalue weighted by Gasteiger charge is 2.23. The Morgan fingerprint density at radius 2 is 2.04 bits per heavy atom. The molecule has 1 aliphatic heterocycles. The van der Waals surface area contributed by atoms with Crippen molar-refractivity contribution in [2.45, 2.75) is 19.4 Å². The van der Waals surface area contributed by atoms with E-state index in [9.17, 15) is 4.79 Å². The molecule has 1 N–H and O–H groups in total. The molecule has 27 heavy (non-hydrogen) atoms. The molecule has 2 aromatic rings. The fourth-order valence-electron chi connectivity index (χ4n) is 2.96. The van der Waals surface area contributed by atoms with E-state index in [1.165, 1.54) is 11.3 Å². The lowest BCUT2D eigenvalue weighted by Gasteiger charge is -2.33. The average Bonchev–Trinajstić information content (AvgIpc) is 3.09. The van der Waals surface area contributed by atoms with Crippen LogP contribution in [0.15, 0.2) is 23.6 Å². The topological polar surface area (TPSA) is 63.7 Å². The third-order valence-corrected chi connectivity index (χ3v) is 5.28. The predicted molar refractivity (Wildman–Crippen MR) is 113 cm³/mol. The van der Waals surface area contributed by atoms with Crippen molar-refractivity contribution in [1.29, 1.82) is 0 Å². The van der Waals surface area contributed by atoms with Crippen LogP contribution >= 0.6 is 36.2 Å². The van der Waals surface area contributed by atoms with Gasteiger partial charge in [-0.3, -0.25) is 4.79 Å². The van der Waals surface area contributed by atoms with Crippen LogP contribution in [0.2, 0.25) is 0 Å². The van der Waals surface area contributed by atoms with Gasteiger partial charge in [-0.1, -0.05) is 0 Å². The minimum absolute atomic E-state index is 0. The Kier molecular flexibility index (Phi) is 9.32. The molecule has 1 aromatic heterocycles. The van der Waals surface area contributed by atoms with Gasteiger partial charge in [-0.15, -0.1) is 36.2 Å². The van der Waals surface area contributed by atoms with E-state index in [1.807, 2.05) is 28.5 Å². The highest BCUT2D eigenvalue weighted by Crippen LogP contribution is 2.33. The third-order valence-electron chi connectivity index (χ3n) is 4.34. The van der Waals surface area contributed by atoms with E-state index < -0.39 is 0 Å². The summed E-state index contributed by atoms with van der Waals surface area (Å²) in [6, 6.07) is 5.94. The average molecular weight is 434 g/mol. The van der Waals surface area contributed by atoms with E-state index in [-0.39, 0.29) is 36.8 Å². The molecule has 0 spiro atoms. The predicted octanol–water partition coefficient (Wildman–Crippen LogP) is 3.03. The smallest absolute Gasteiger partial charge is 0.228 e. The van der Waals surface area contributed by atoms with Crippen molar-refractivity contribution in [3.05, 3.63) is 29.3 Å². The molecule has 3 rings (SSSR count). The molecule has 0 aliphatic carbocycles. The summed E-state index contributed by atoms with van der Waals surface area (Å²) in [5, 5.41) is 6.13.